The van der Waals surface area contributed by atoms with Crippen LogP contribution in [-0.4, -0.2) is 30.3 Å². The number of hydrogen-bond acceptors (Lipinski definition) is 5. The van der Waals surface area contributed by atoms with Gasteiger partial charge in [0.25, 0.3) is 0 Å². The van der Waals surface area contributed by atoms with E-state index in [2.05, 4.69) is 4.98 Å². The molecule has 2 rings (SSSR count). The van der Waals surface area contributed by atoms with E-state index >= 15 is 0 Å². The van der Waals surface area contributed by atoms with E-state index in [0.717, 1.165) is 27.3 Å². The number of thiazole rings is 1. The molecule has 1 aromatic carbocycles. The summed E-state index contributed by atoms with van der Waals surface area (Å²) in [7, 11) is 3.18. The van der Waals surface area contributed by atoms with Crippen LogP contribution in [0.15, 0.2) is 30.3 Å². The number of aliphatic carboxylic acids is 1. The van der Waals surface area contributed by atoms with Crippen LogP contribution in [0.25, 0.3) is 16.6 Å². The molecule has 1 aromatic heterocycles. The SMILES string of the molecule is COCc1nc(-c2ccccc2OC)sc1/C=C/C(=O)O. The number of hydrogen-bond donors (Lipinski definition) is 1. The number of para-hydroxylation sites is 1. The molecule has 0 aliphatic carbocycles. The van der Waals surface area contributed by atoms with E-state index in [-0.39, 0.29) is 0 Å². The van der Waals surface area contributed by atoms with Gasteiger partial charge >= 0.3 is 5.97 Å². The number of rotatable bonds is 6. The third kappa shape index (κ3) is 3.68. The number of aromatic nitrogens is 1. The lowest BCUT2D eigenvalue weighted by molar-refractivity contribution is -0.131. The fourth-order valence-corrected chi connectivity index (χ4v) is 2.82. The van der Waals surface area contributed by atoms with Gasteiger partial charge in [-0.3, -0.25) is 0 Å². The zero-order chi connectivity index (χ0) is 15.2. The molecule has 0 radical (unpaired) electrons. The van der Waals surface area contributed by atoms with Crippen LogP contribution >= 0.6 is 11.3 Å². The minimum atomic E-state index is -0.995. The second-order valence-electron chi connectivity index (χ2n) is 4.13. The van der Waals surface area contributed by atoms with Crippen LogP contribution in [0.2, 0.25) is 0 Å². The standard InChI is InChI=1S/C15H15NO4S/c1-19-9-11-13(7-8-14(17)18)21-15(16-11)10-5-3-4-6-12(10)20-2/h3-8H,9H2,1-2H3,(H,17,18)/b8-7+. The highest BCUT2D eigenvalue weighted by molar-refractivity contribution is 7.16. The molecule has 0 bridgehead atoms. The predicted molar refractivity (Wildman–Crippen MR) is 81.5 cm³/mol. The Morgan fingerprint density at radius 3 is 2.81 bits per heavy atom. The Bertz CT molecular complexity index is 663. The summed E-state index contributed by atoms with van der Waals surface area (Å²) in [4.78, 5) is 16.0. The Labute approximate surface area is 126 Å². The highest BCUT2D eigenvalue weighted by Gasteiger charge is 2.14. The first-order chi connectivity index (χ1) is 10.2. The maximum absolute atomic E-state index is 10.7. The van der Waals surface area contributed by atoms with E-state index < -0.39 is 5.97 Å². The van der Waals surface area contributed by atoms with Crippen LogP contribution in [-0.2, 0) is 16.1 Å². The molecule has 5 nitrogen and oxygen atoms in total. The van der Waals surface area contributed by atoms with Crippen LogP contribution in [0.1, 0.15) is 10.6 Å². The third-order valence-corrected chi connectivity index (χ3v) is 3.82. The molecule has 0 unspecified atom stereocenters. The Morgan fingerprint density at radius 1 is 1.38 bits per heavy atom. The summed E-state index contributed by atoms with van der Waals surface area (Å²) in [5.74, 6) is -0.269. The first-order valence-corrected chi connectivity index (χ1v) is 7.00. The number of carbonyl (C=O) groups is 1. The van der Waals surface area contributed by atoms with Crippen molar-refractivity contribution in [3.63, 3.8) is 0 Å². The van der Waals surface area contributed by atoms with Crippen molar-refractivity contribution < 1.29 is 19.4 Å². The van der Waals surface area contributed by atoms with Crippen molar-refractivity contribution in [2.24, 2.45) is 0 Å². The zero-order valence-corrected chi connectivity index (χ0v) is 12.5. The molecule has 0 spiro atoms. The van der Waals surface area contributed by atoms with Gasteiger partial charge in [0.2, 0.25) is 0 Å². The van der Waals surface area contributed by atoms with Gasteiger partial charge in [0.15, 0.2) is 0 Å². The van der Waals surface area contributed by atoms with E-state index in [1.165, 1.54) is 17.4 Å². The number of carboxylic acids is 1. The second-order valence-corrected chi connectivity index (χ2v) is 5.17. The van der Waals surface area contributed by atoms with Gasteiger partial charge in [-0.2, -0.15) is 0 Å². The van der Waals surface area contributed by atoms with E-state index in [1.54, 1.807) is 14.2 Å². The van der Waals surface area contributed by atoms with Crippen molar-refractivity contribution in [2.45, 2.75) is 6.61 Å². The lowest BCUT2D eigenvalue weighted by Gasteiger charge is -2.04. The molecule has 110 valence electrons. The fourth-order valence-electron chi connectivity index (χ4n) is 1.82. The summed E-state index contributed by atoms with van der Waals surface area (Å²) in [6, 6.07) is 7.57. The third-order valence-electron chi connectivity index (χ3n) is 2.72. The average Bonchev–Trinajstić information content (AvgIpc) is 2.88. The number of nitrogens with zero attached hydrogens (tertiary/aromatic N) is 1. The molecule has 1 heterocycles. The highest BCUT2D eigenvalue weighted by atomic mass is 32.1. The van der Waals surface area contributed by atoms with Gasteiger partial charge in [-0.25, -0.2) is 9.78 Å². The lowest BCUT2D eigenvalue weighted by atomic mass is 10.2. The minimum absolute atomic E-state index is 0.324. The van der Waals surface area contributed by atoms with Crippen molar-refractivity contribution in [3.05, 3.63) is 40.9 Å². The number of methoxy groups -OCH3 is 2. The zero-order valence-electron chi connectivity index (χ0n) is 11.7. The van der Waals surface area contributed by atoms with E-state index in [9.17, 15) is 4.79 Å². The Hall–Kier alpha value is -2.18. The maximum Gasteiger partial charge on any atom is 0.328 e. The van der Waals surface area contributed by atoms with Gasteiger partial charge in [0.05, 0.1) is 29.9 Å². The largest absolute Gasteiger partial charge is 0.496 e. The molecule has 0 amide bonds. The molecule has 21 heavy (non-hydrogen) atoms. The minimum Gasteiger partial charge on any atom is -0.496 e. The molecule has 0 saturated heterocycles. The van der Waals surface area contributed by atoms with Crippen LogP contribution in [0.3, 0.4) is 0 Å². The molecule has 0 saturated carbocycles. The van der Waals surface area contributed by atoms with Gasteiger partial charge in [0, 0.05) is 13.2 Å². The Balaban J connectivity index is 2.45. The smallest absolute Gasteiger partial charge is 0.328 e. The van der Waals surface area contributed by atoms with Crippen LogP contribution in [0, 0.1) is 0 Å². The summed E-state index contributed by atoms with van der Waals surface area (Å²) < 4.78 is 10.4. The number of carboxylic acid groups (broad SMARTS) is 1. The quantitative estimate of drug-likeness (QED) is 0.831. The van der Waals surface area contributed by atoms with E-state index in [0.29, 0.717) is 12.3 Å². The summed E-state index contributed by atoms with van der Waals surface area (Å²) in [5.41, 5.74) is 1.58. The normalized spacial score (nSPS) is 11.0. The summed E-state index contributed by atoms with van der Waals surface area (Å²) in [6.07, 6.45) is 2.63. The van der Waals surface area contributed by atoms with Crippen molar-refractivity contribution in [1.29, 1.82) is 0 Å². The number of ether oxygens (including phenoxy) is 2. The molecule has 6 heteroatoms. The fraction of sp³-hybridized carbons (Fsp3) is 0.200. The molecule has 0 fully saturated rings. The summed E-state index contributed by atoms with van der Waals surface area (Å²) in [5, 5.41) is 9.52. The Kier molecular flexibility index (Phi) is 5.08. The first-order valence-electron chi connectivity index (χ1n) is 6.18. The van der Waals surface area contributed by atoms with Gasteiger partial charge in [0.1, 0.15) is 10.8 Å². The molecule has 2 aromatic rings. The predicted octanol–water partition coefficient (Wildman–Crippen LogP) is 3.06. The molecule has 1 N–H and O–H groups in total. The monoisotopic (exact) mass is 305 g/mol. The van der Waals surface area contributed by atoms with Gasteiger partial charge in [-0.05, 0) is 18.2 Å². The average molecular weight is 305 g/mol. The van der Waals surface area contributed by atoms with Gasteiger partial charge in [-0.15, -0.1) is 11.3 Å². The number of benzene rings is 1. The second kappa shape index (κ2) is 7.01. The summed E-state index contributed by atoms with van der Waals surface area (Å²) >= 11 is 1.40. The first kappa shape index (κ1) is 15.2. The van der Waals surface area contributed by atoms with Gasteiger partial charge in [-0.1, -0.05) is 12.1 Å². The molecule has 0 aliphatic heterocycles. The van der Waals surface area contributed by atoms with Crippen molar-refractivity contribution >= 4 is 23.4 Å². The maximum atomic E-state index is 10.7. The van der Waals surface area contributed by atoms with Crippen molar-refractivity contribution in [2.75, 3.05) is 14.2 Å². The topological polar surface area (TPSA) is 68.7 Å². The Morgan fingerprint density at radius 2 is 2.14 bits per heavy atom. The molecule has 0 aliphatic rings. The lowest BCUT2D eigenvalue weighted by Crippen LogP contribution is -1.92. The van der Waals surface area contributed by atoms with Crippen molar-refractivity contribution in [1.82, 2.24) is 4.98 Å². The van der Waals surface area contributed by atoms with Crippen molar-refractivity contribution in [3.8, 4) is 16.3 Å². The van der Waals surface area contributed by atoms with Gasteiger partial charge < -0.3 is 14.6 Å². The summed E-state index contributed by atoms with van der Waals surface area (Å²) in [6.45, 7) is 0.324. The molecular formula is C15H15NO4S. The molecular weight excluding hydrogens is 290 g/mol. The van der Waals surface area contributed by atoms with Crippen LogP contribution < -0.4 is 4.74 Å². The van der Waals surface area contributed by atoms with E-state index in [4.69, 9.17) is 14.6 Å². The van der Waals surface area contributed by atoms with Crippen LogP contribution in [0.5, 0.6) is 5.75 Å². The van der Waals surface area contributed by atoms with Crippen LogP contribution in [0.4, 0.5) is 0 Å². The highest BCUT2D eigenvalue weighted by Crippen LogP contribution is 2.35. The van der Waals surface area contributed by atoms with E-state index in [1.807, 2.05) is 24.3 Å². The molecule has 0 atom stereocenters.